The predicted octanol–water partition coefficient (Wildman–Crippen LogP) is 2.99. The Morgan fingerprint density at radius 3 is 2.96 bits per heavy atom. The Hall–Kier alpha value is -1.74. The van der Waals surface area contributed by atoms with Gasteiger partial charge in [0.05, 0.1) is 26.4 Å². The van der Waals surface area contributed by atoms with Crippen molar-refractivity contribution in [3.05, 3.63) is 34.1 Å². The van der Waals surface area contributed by atoms with Gasteiger partial charge in [-0.25, -0.2) is 4.68 Å². The zero-order chi connectivity index (χ0) is 18.2. The Kier molecular flexibility index (Phi) is 7.57. The third kappa shape index (κ3) is 5.93. The zero-order valence-electron chi connectivity index (χ0n) is 14.1. The third-order valence-electron chi connectivity index (χ3n) is 3.28. The van der Waals surface area contributed by atoms with Crippen LogP contribution >= 0.6 is 23.8 Å². The van der Waals surface area contributed by atoms with E-state index in [0.717, 1.165) is 5.56 Å². The first-order valence-corrected chi connectivity index (χ1v) is 8.53. The first kappa shape index (κ1) is 19.6. The van der Waals surface area contributed by atoms with E-state index in [1.807, 2.05) is 11.0 Å². The average Bonchev–Trinajstić information content (AvgIpc) is 2.93. The second-order valence-corrected chi connectivity index (χ2v) is 5.96. The van der Waals surface area contributed by atoms with Crippen molar-refractivity contribution in [2.24, 2.45) is 0 Å². The fourth-order valence-electron chi connectivity index (χ4n) is 2.13. The molecule has 1 aromatic heterocycles. The summed E-state index contributed by atoms with van der Waals surface area (Å²) in [5.41, 5.74) is 0.728. The lowest BCUT2D eigenvalue weighted by molar-refractivity contribution is -0.145. The maximum Gasteiger partial charge on any atom is 0.320 e. The largest absolute Gasteiger partial charge is 0.465 e. The van der Waals surface area contributed by atoms with Gasteiger partial charge in [-0.05, 0) is 37.3 Å². The van der Waals surface area contributed by atoms with Gasteiger partial charge in [-0.2, -0.15) is 0 Å². The third-order valence-corrected chi connectivity index (χ3v) is 3.81. The van der Waals surface area contributed by atoms with Gasteiger partial charge in [0.15, 0.2) is 0 Å². The molecule has 0 saturated carbocycles. The monoisotopic (exact) mass is 385 g/mol. The SMILES string of the molecule is CCOC(=O)CN(CCOC)Cn1nc(-c2cccc(Cl)c2)oc1=S. The lowest BCUT2D eigenvalue weighted by atomic mass is 10.2. The normalized spacial score (nSPS) is 11.0. The number of carbonyl (C=O) groups excluding carboxylic acids is 1. The van der Waals surface area contributed by atoms with Gasteiger partial charge in [-0.15, -0.1) is 5.10 Å². The molecule has 2 aromatic rings. The van der Waals surface area contributed by atoms with E-state index in [1.165, 1.54) is 4.68 Å². The van der Waals surface area contributed by atoms with Crippen LogP contribution in [-0.2, 0) is 20.9 Å². The molecule has 0 amide bonds. The van der Waals surface area contributed by atoms with Crippen LogP contribution in [0.15, 0.2) is 28.7 Å². The quantitative estimate of drug-likeness (QED) is 0.485. The zero-order valence-corrected chi connectivity index (χ0v) is 15.7. The summed E-state index contributed by atoms with van der Waals surface area (Å²) < 4.78 is 17.1. The molecule has 1 aromatic carbocycles. The molecule has 0 radical (unpaired) electrons. The molecule has 0 fully saturated rings. The van der Waals surface area contributed by atoms with Gasteiger partial charge >= 0.3 is 5.97 Å². The standard InChI is InChI=1S/C16H20ClN3O4S/c1-3-23-14(21)10-19(7-8-22-2)11-20-16(25)24-15(18-20)12-5-4-6-13(17)9-12/h4-6,9H,3,7-8,10-11H2,1-2H3. The van der Waals surface area contributed by atoms with Crippen molar-refractivity contribution in [3.8, 4) is 11.5 Å². The van der Waals surface area contributed by atoms with Crippen molar-refractivity contribution in [2.75, 3.05) is 33.4 Å². The molecule has 0 aliphatic heterocycles. The molecule has 9 heteroatoms. The van der Waals surface area contributed by atoms with Crippen LogP contribution in [-0.4, -0.2) is 54.1 Å². The Morgan fingerprint density at radius 2 is 2.28 bits per heavy atom. The topological polar surface area (TPSA) is 69.7 Å². The van der Waals surface area contributed by atoms with Gasteiger partial charge in [-0.3, -0.25) is 9.69 Å². The average molecular weight is 386 g/mol. The summed E-state index contributed by atoms with van der Waals surface area (Å²) in [7, 11) is 1.60. The van der Waals surface area contributed by atoms with Crippen LogP contribution in [0.3, 0.4) is 0 Å². The van der Waals surface area contributed by atoms with Crippen molar-refractivity contribution in [2.45, 2.75) is 13.6 Å². The van der Waals surface area contributed by atoms with E-state index in [2.05, 4.69) is 5.10 Å². The summed E-state index contributed by atoms with van der Waals surface area (Å²) in [4.78, 5) is 13.8. The van der Waals surface area contributed by atoms with Crippen molar-refractivity contribution in [3.63, 3.8) is 0 Å². The van der Waals surface area contributed by atoms with Gasteiger partial charge in [0.1, 0.15) is 0 Å². The molecule has 0 spiro atoms. The molecule has 0 saturated heterocycles. The van der Waals surface area contributed by atoms with E-state index in [-0.39, 0.29) is 24.0 Å². The number of hydrogen-bond acceptors (Lipinski definition) is 7. The van der Waals surface area contributed by atoms with Crippen LogP contribution in [0.1, 0.15) is 6.92 Å². The van der Waals surface area contributed by atoms with E-state index < -0.39 is 0 Å². The van der Waals surface area contributed by atoms with Gasteiger partial charge in [0, 0.05) is 24.2 Å². The molecule has 2 rings (SSSR count). The van der Waals surface area contributed by atoms with Crippen LogP contribution < -0.4 is 0 Å². The molecule has 25 heavy (non-hydrogen) atoms. The van der Waals surface area contributed by atoms with Gasteiger partial charge in [-0.1, -0.05) is 17.7 Å². The van der Waals surface area contributed by atoms with Crippen molar-refractivity contribution >= 4 is 29.8 Å². The van der Waals surface area contributed by atoms with Crippen LogP contribution in [0.25, 0.3) is 11.5 Å². The number of esters is 1. The second-order valence-electron chi connectivity index (χ2n) is 5.17. The Balaban J connectivity index is 2.15. The number of nitrogens with zero attached hydrogens (tertiary/aromatic N) is 3. The van der Waals surface area contributed by atoms with Crippen molar-refractivity contribution in [1.82, 2.24) is 14.7 Å². The van der Waals surface area contributed by atoms with Crippen molar-refractivity contribution < 1.29 is 18.7 Å². The second kappa shape index (κ2) is 9.67. The number of halogens is 1. The van der Waals surface area contributed by atoms with Crippen LogP contribution in [0.2, 0.25) is 5.02 Å². The van der Waals surface area contributed by atoms with E-state index >= 15 is 0 Å². The minimum atomic E-state index is -0.316. The summed E-state index contributed by atoms with van der Waals surface area (Å²) >= 11 is 11.2. The Labute approximate surface area is 156 Å². The fourth-order valence-corrected chi connectivity index (χ4v) is 2.50. The van der Waals surface area contributed by atoms with Crippen molar-refractivity contribution in [1.29, 1.82) is 0 Å². The number of carbonyl (C=O) groups is 1. The lowest BCUT2D eigenvalue weighted by Crippen LogP contribution is -2.35. The van der Waals surface area contributed by atoms with Gasteiger partial charge in [0.25, 0.3) is 4.84 Å². The molecule has 0 unspecified atom stereocenters. The van der Waals surface area contributed by atoms with Crippen LogP contribution in [0.5, 0.6) is 0 Å². The number of ether oxygens (including phenoxy) is 2. The number of hydrogen-bond donors (Lipinski definition) is 0. The summed E-state index contributed by atoms with van der Waals surface area (Å²) in [6.07, 6.45) is 0. The molecule has 7 nitrogen and oxygen atoms in total. The fraction of sp³-hybridized carbons (Fsp3) is 0.438. The van der Waals surface area contributed by atoms with Crippen LogP contribution in [0.4, 0.5) is 0 Å². The van der Waals surface area contributed by atoms with Gasteiger partial charge in [0.2, 0.25) is 5.89 Å². The highest BCUT2D eigenvalue weighted by Crippen LogP contribution is 2.21. The molecule has 0 aliphatic rings. The minimum absolute atomic E-state index is 0.109. The highest BCUT2D eigenvalue weighted by atomic mass is 35.5. The number of methoxy groups -OCH3 is 1. The molecule has 0 aliphatic carbocycles. The molecule has 0 bridgehead atoms. The van der Waals surface area contributed by atoms with Gasteiger partial charge < -0.3 is 13.9 Å². The minimum Gasteiger partial charge on any atom is -0.465 e. The predicted molar refractivity (Wildman–Crippen MR) is 95.9 cm³/mol. The summed E-state index contributed by atoms with van der Waals surface area (Å²) in [6, 6.07) is 7.15. The lowest BCUT2D eigenvalue weighted by Gasteiger charge is -2.20. The highest BCUT2D eigenvalue weighted by molar-refractivity contribution is 7.71. The molecular weight excluding hydrogens is 366 g/mol. The van der Waals surface area contributed by atoms with Crippen LogP contribution in [0, 0.1) is 4.84 Å². The summed E-state index contributed by atoms with van der Waals surface area (Å²) in [5.74, 6) is 0.0546. The van der Waals surface area contributed by atoms with E-state index in [0.29, 0.717) is 30.7 Å². The Bertz CT molecular complexity index is 762. The number of benzene rings is 1. The molecule has 136 valence electrons. The molecule has 0 N–H and O–H groups in total. The maximum absolute atomic E-state index is 11.8. The van der Waals surface area contributed by atoms with E-state index in [1.54, 1.807) is 32.2 Å². The van der Waals surface area contributed by atoms with E-state index in [9.17, 15) is 4.79 Å². The molecular formula is C16H20ClN3O4S. The number of rotatable bonds is 9. The summed E-state index contributed by atoms with van der Waals surface area (Å²) in [5, 5.41) is 4.96. The Morgan fingerprint density at radius 1 is 1.48 bits per heavy atom. The maximum atomic E-state index is 11.8. The highest BCUT2D eigenvalue weighted by Gasteiger charge is 2.15. The first-order valence-electron chi connectivity index (χ1n) is 7.74. The molecule has 1 heterocycles. The first-order chi connectivity index (χ1) is 12.0. The molecule has 0 atom stereocenters. The number of aromatic nitrogens is 2. The summed E-state index contributed by atoms with van der Waals surface area (Å²) in [6.45, 7) is 3.48. The smallest absolute Gasteiger partial charge is 0.320 e. The van der Waals surface area contributed by atoms with E-state index in [4.69, 9.17) is 37.7 Å².